The van der Waals surface area contributed by atoms with Crippen molar-refractivity contribution >= 4 is 11.6 Å². The fourth-order valence-electron chi connectivity index (χ4n) is 4.59. The molecule has 0 N–H and O–H groups in total. The molecule has 1 aromatic carbocycles. The molecule has 0 aromatic heterocycles. The Bertz CT molecular complexity index is 623. The van der Waals surface area contributed by atoms with E-state index in [1.807, 2.05) is 4.90 Å². The predicted octanol–water partition coefficient (Wildman–Crippen LogP) is 3.64. The van der Waals surface area contributed by atoms with Gasteiger partial charge in [-0.3, -0.25) is 14.9 Å². The van der Waals surface area contributed by atoms with Gasteiger partial charge in [-0.05, 0) is 42.2 Å². The molecular formula is C17H22N2O3. The van der Waals surface area contributed by atoms with Crippen molar-refractivity contribution in [1.82, 2.24) is 4.90 Å². The summed E-state index contributed by atoms with van der Waals surface area (Å²) in [6, 6.07) is 6.23. The summed E-state index contributed by atoms with van der Waals surface area (Å²) >= 11 is 0. The third kappa shape index (κ3) is 2.60. The van der Waals surface area contributed by atoms with E-state index in [9.17, 15) is 14.9 Å². The van der Waals surface area contributed by atoms with Crippen molar-refractivity contribution in [3.8, 4) is 0 Å². The summed E-state index contributed by atoms with van der Waals surface area (Å²) in [6.45, 7) is 7.61. The highest BCUT2D eigenvalue weighted by Gasteiger charge is 2.50. The lowest BCUT2D eigenvalue weighted by molar-refractivity contribution is -0.384. The molecule has 1 saturated carbocycles. The quantitative estimate of drug-likeness (QED) is 0.619. The molecule has 1 aliphatic carbocycles. The predicted molar refractivity (Wildman–Crippen MR) is 83.7 cm³/mol. The highest BCUT2D eigenvalue weighted by atomic mass is 16.6. The van der Waals surface area contributed by atoms with Crippen molar-refractivity contribution in [3.05, 3.63) is 39.9 Å². The van der Waals surface area contributed by atoms with Crippen LogP contribution in [0.4, 0.5) is 5.69 Å². The van der Waals surface area contributed by atoms with E-state index in [-0.39, 0.29) is 28.5 Å². The smallest absolute Gasteiger partial charge is 0.269 e. The second kappa shape index (κ2) is 4.80. The molecule has 1 amide bonds. The number of fused-ring (bicyclic) bond motifs is 2. The SMILES string of the molecule is CC1(C)C[C@@H]2C[C@](C)(CN2C(=O)c2ccc([N+](=O)[O-])cc2)C1. The van der Waals surface area contributed by atoms with E-state index in [1.54, 1.807) is 12.1 Å². The Hall–Kier alpha value is -1.91. The van der Waals surface area contributed by atoms with Gasteiger partial charge in [-0.2, -0.15) is 0 Å². The first-order valence-corrected chi connectivity index (χ1v) is 7.75. The third-order valence-corrected chi connectivity index (χ3v) is 5.00. The average Bonchev–Trinajstić information content (AvgIpc) is 2.67. The molecule has 118 valence electrons. The molecule has 1 aromatic rings. The van der Waals surface area contributed by atoms with Crippen LogP contribution in [0, 0.1) is 20.9 Å². The van der Waals surface area contributed by atoms with E-state index in [1.165, 1.54) is 12.1 Å². The summed E-state index contributed by atoms with van der Waals surface area (Å²) in [5.41, 5.74) is 1.02. The minimum atomic E-state index is -0.444. The zero-order chi connectivity index (χ0) is 16.1. The fraction of sp³-hybridized carbons (Fsp3) is 0.588. The van der Waals surface area contributed by atoms with Crippen molar-refractivity contribution < 1.29 is 9.72 Å². The van der Waals surface area contributed by atoms with Crippen LogP contribution in [-0.2, 0) is 0 Å². The van der Waals surface area contributed by atoms with E-state index in [4.69, 9.17) is 0 Å². The molecule has 2 aliphatic rings. The third-order valence-electron chi connectivity index (χ3n) is 5.00. The Morgan fingerprint density at radius 3 is 2.45 bits per heavy atom. The maximum absolute atomic E-state index is 12.8. The van der Waals surface area contributed by atoms with Gasteiger partial charge in [0.05, 0.1) is 4.92 Å². The summed E-state index contributed by atoms with van der Waals surface area (Å²) in [5.74, 6) is 0.00122. The van der Waals surface area contributed by atoms with Crippen LogP contribution in [0.1, 0.15) is 50.4 Å². The maximum atomic E-state index is 12.8. The van der Waals surface area contributed by atoms with E-state index in [0.29, 0.717) is 5.56 Å². The Labute approximate surface area is 130 Å². The van der Waals surface area contributed by atoms with Crippen molar-refractivity contribution in [2.24, 2.45) is 10.8 Å². The number of rotatable bonds is 2. The molecule has 0 spiro atoms. The van der Waals surface area contributed by atoms with Crippen LogP contribution in [0.5, 0.6) is 0 Å². The zero-order valence-electron chi connectivity index (χ0n) is 13.3. The van der Waals surface area contributed by atoms with E-state index >= 15 is 0 Å². The first-order chi connectivity index (χ1) is 10.2. The lowest BCUT2D eigenvalue weighted by Gasteiger charge is -2.39. The second-order valence-electron chi connectivity index (χ2n) is 7.95. The number of carbonyl (C=O) groups is 1. The molecule has 5 heteroatoms. The van der Waals surface area contributed by atoms with Crippen LogP contribution in [0.2, 0.25) is 0 Å². The number of benzene rings is 1. The molecule has 3 rings (SSSR count). The van der Waals surface area contributed by atoms with Crippen LogP contribution in [0.25, 0.3) is 0 Å². The normalized spacial score (nSPS) is 29.4. The second-order valence-corrected chi connectivity index (χ2v) is 7.95. The van der Waals surface area contributed by atoms with Gasteiger partial charge < -0.3 is 4.90 Å². The number of hydrogen-bond donors (Lipinski definition) is 0. The van der Waals surface area contributed by atoms with Crippen LogP contribution in [0.3, 0.4) is 0 Å². The molecule has 22 heavy (non-hydrogen) atoms. The number of nitro benzene ring substituents is 1. The monoisotopic (exact) mass is 302 g/mol. The van der Waals surface area contributed by atoms with Gasteiger partial charge in [0.1, 0.15) is 0 Å². The molecule has 2 bridgehead atoms. The van der Waals surface area contributed by atoms with Gasteiger partial charge in [-0.25, -0.2) is 0 Å². The molecule has 2 fully saturated rings. The van der Waals surface area contributed by atoms with Gasteiger partial charge in [-0.1, -0.05) is 20.8 Å². The van der Waals surface area contributed by atoms with Gasteiger partial charge in [0.15, 0.2) is 0 Å². The number of nitrogens with zero attached hydrogens (tertiary/aromatic N) is 2. The Morgan fingerprint density at radius 2 is 1.86 bits per heavy atom. The number of nitro groups is 1. The van der Waals surface area contributed by atoms with E-state index in [0.717, 1.165) is 25.8 Å². The molecule has 2 atom stereocenters. The topological polar surface area (TPSA) is 63.5 Å². The van der Waals surface area contributed by atoms with Gasteiger partial charge in [-0.15, -0.1) is 0 Å². The van der Waals surface area contributed by atoms with Crippen molar-refractivity contribution in [2.45, 2.75) is 46.1 Å². The molecular weight excluding hydrogens is 280 g/mol. The Balaban J connectivity index is 1.83. The molecule has 0 radical (unpaired) electrons. The number of hydrogen-bond acceptors (Lipinski definition) is 3. The molecule has 1 heterocycles. The van der Waals surface area contributed by atoms with Crippen molar-refractivity contribution in [1.29, 1.82) is 0 Å². The number of carbonyl (C=O) groups excluding carboxylic acids is 1. The van der Waals surface area contributed by atoms with Crippen LogP contribution >= 0.6 is 0 Å². The summed E-state index contributed by atoms with van der Waals surface area (Å²) < 4.78 is 0. The summed E-state index contributed by atoms with van der Waals surface area (Å²) in [6.07, 6.45) is 3.23. The lowest BCUT2D eigenvalue weighted by Crippen LogP contribution is -2.37. The van der Waals surface area contributed by atoms with Gasteiger partial charge in [0.2, 0.25) is 0 Å². The zero-order valence-corrected chi connectivity index (χ0v) is 13.3. The largest absolute Gasteiger partial charge is 0.335 e. The van der Waals surface area contributed by atoms with Gasteiger partial charge >= 0.3 is 0 Å². The first-order valence-electron chi connectivity index (χ1n) is 7.75. The highest BCUT2D eigenvalue weighted by Crippen LogP contribution is 2.52. The summed E-state index contributed by atoms with van der Waals surface area (Å²) in [7, 11) is 0. The first kappa shape index (κ1) is 15.0. The highest BCUT2D eigenvalue weighted by molar-refractivity contribution is 5.95. The summed E-state index contributed by atoms with van der Waals surface area (Å²) in [4.78, 5) is 25.0. The van der Waals surface area contributed by atoms with E-state index in [2.05, 4.69) is 20.8 Å². The van der Waals surface area contributed by atoms with Crippen molar-refractivity contribution in [2.75, 3.05) is 6.54 Å². The maximum Gasteiger partial charge on any atom is 0.269 e. The van der Waals surface area contributed by atoms with Crippen LogP contribution in [-0.4, -0.2) is 28.3 Å². The molecule has 5 nitrogen and oxygen atoms in total. The number of amides is 1. The van der Waals surface area contributed by atoms with Crippen LogP contribution in [0.15, 0.2) is 24.3 Å². The van der Waals surface area contributed by atoms with E-state index < -0.39 is 4.92 Å². The summed E-state index contributed by atoms with van der Waals surface area (Å²) in [5, 5.41) is 10.7. The number of likely N-dealkylation sites (tertiary alicyclic amines) is 1. The minimum absolute atomic E-state index is 0.00122. The van der Waals surface area contributed by atoms with Crippen LogP contribution < -0.4 is 0 Å². The standard InChI is InChI=1S/C17H22N2O3/c1-16(2)8-14-9-17(3,10-16)11-18(14)15(20)12-4-6-13(7-5-12)19(21)22/h4-7,14H,8-11H2,1-3H3/t14-,17+/m1/s1. The Morgan fingerprint density at radius 1 is 1.23 bits per heavy atom. The fourth-order valence-corrected chi connectivity index (χ4v) is 4.59. The molecule has 0 unspecified atom stereocenters. The Kier molecular flexibility index (Phi) is 3.27. The lowest BCUT2D eigenvalue weighted by atomic mass is 9.65. The van der Waals surface area contributed by atoms with Gasteiger partial charge in [0.25, 0.3) is 11.6 Å². The van der Waals surface area contributed by atoms with Crippen molar-refractivity contribution in [3.63, 3.8) is 0 Å². The molecule has 1 saturated heterocycles. The average molecular weight is 302 g/mol. The minimum Gasteiger partial charge on any atom is -0.335 e. The molecule has 1 aliphatic heterocycles. The number of non-ortho nitro benzene ring substituents is 1. The van der Waals surface area contributed by atoms with Gasteiger partial charge in [0, 0.05) is 30.3 Å².